The Morgan fingerprint density at radius 3 is 2.29 bits per heavy atom. The molecule has 0 aromatic heterocycles. The summed E-state index contributed by atoms with van der Waals surface area (Å²) >= 11 is 0. The van der Waals surface area contributed by atoms with Gasteiger partial charge < -0.3 is 9.47 Å². The zero-order valence-electron chi connectivity index (χ0n) is 11.9. The molecule has 0 aliphatic rings. The molecule has 0 radical (unpaired) electrons. The van der Waals surface area contributed by atoms with E-state index in [0.29, 0.717) is 11.5 Å². The van der Waals surface area contributed by atoms with Crippen molar-refractivity contribution in [2.45, 2.75) is 6.92 Å². The van der Waals surface area contributed by atoms with Crippen LogP contribution in [0.25, 0.3) is 0 Å². The summed E-state index contributed by atoms with van der Waals surface area (Å²) < 4.78 is 37.9. The molecule has 2 aromatic carbocycles. The Morgan fingerprint density at radius 2 is 1.67 bits per heavy atom. The predicted molar refractivity (Wildman–Crippen MR) is 74.1 cm³/mol. The highest BCUT2D eigenvalue weighted by Crippen LogP contribution is 2.29. The highest BCUT2D eigenvalue weighted by Gasteiger charge is 2.21. The van der Waals surface area contributed by atoms with E-state index in [4.69, 9.17) is 9.47 Å². The minimum absolute atomic E-state index is 0.121. The van der Waals surface area contributed by atoms with Crippen LogP contribution in [-0.4, -0.2) is 20.0 Å². The van der Waals surface area contributed by atoms with Gasteiger partial charge in [-0.15, -0.1) is 0 Å². The molecule has 0 amide bonds. The number of carbonyl (C=O) groups excluding carboxylic acids is 1. The number of ketones is 1. The summed E-state index contributed by atoms with van der Waals surface area (Å²) in [7, 11) is 2.87. The molecule has 2 aromatic rings. The number of benzene rings is 2. The van der Waals surface area contributed by atoms with Gasteiger partial charge in [-0.2, -0.15) is 0 Å². The Morgan fingerprint density at radius 1 is 1.00 bits per heavy atom. The number of hydrogen-bond donors (Lipinski definition) is 0. The third kappa shape index (κ3) is 2.72. The van der Waals surface area contributed by atoms with Gasteiger partial charge in [-0.25, -0.2) is 8.78 Å². The molecule has 0 atom stereocenters. The van der Waals surface area contributed by atoms with Crippen molar-refractivity contribution in [1.29, 1.82) is 0 Å². The maximum absolute atomic E-state index is 14.0. The van der Waals surface area contributed by atoms with E-state index in [9.17, 15) is 13.6 Å². The monoisotopic (exact) mass is 292 g/mol. The minimum Gasteiger partial charge on any atom is -0.493 e. The molecular weight excluding hydrogens is 278 g/mol. The van der Waals surface area contributed by atoms with Crippen molar-refractivity contribution >= 4 is 5.78 Å². The number of halogens is 2. The number of ether oxygens (including phenoxy) is 2. The average molecular weight is 292 g/mol. The molecule has 0 bridgehead atoms. The van der Waals surface area contributed by atoms with Gasteiger partial charge in [0.25, 0.3) is 0 Å². The highest BCUT2D eigenvalue weighted by molar-refractivity contribution is 6.09. The zero-order valence-corrected chi connectivity index (χ0v) is 11.9. The molecule has 0 aliphatic carbocycles. The van der Waals surface area contributed by atoms with Gasteiger partial charge in [0.2, 0.25) is 0 Å². The third-order valence-electron chi connectivity index (χ3n) is 3.16. The zero-order chi connectivity index (χ0) is 15.6. The van der Waals surface area contributed by atoms with E-state index in [1.165, 1.54) is 45.4 Å². The molecule has 3 nitrogen and oxygen atoms in total. The summed E-state index contributed by atoms with van der Waals surface area (Å²) in [5.41, 5.74) is -0.238. The van der Waals surface area contributed by atoms with Gasteiger partial charge in [-0.05, 0) is 36.8 Å². The van der Waals surface area contributed by atoms with Crippen LogP contribution < -0.4 is 9.47 Å². The van der Waals surface area contributed by atoms with Gasteiger partial charge >= 0.3 is 0 Å². The number of hydrogen-bond acceptors (Lipinski definition) is 3. The topological polar surface area (TPSA) is 35.5 Å². The van der Waals surface area contributed by atoms with Crippen molar-refractivity contribution < 1.29 is 23.0 Å². The average Bonchev–Trinajstić information content (AvgIpc) is 2.50. The fraction of sp³-hybridized carbons (Fsp3) is 0.188. The molecule has 110 valence electrons. The van der Waals surface area contributed by atoms with Gasteiger partial charge in [-0.3, -0.25) is 4.79 Å². The molecule has 0 fully saturated rings. The van der Waals surface area contributed by atoms with Gasteiger partial charge in [0.05, 0.1) is 19.8 Å². The van der Waals surface area contributed by atoms with E-state index in [0.717, 1.165) is 6.07 Å². The fourth-order valence-electron chi connectivity index (χ4n) is 1.99. The van der Waals surface area contributed by atoms with E-state index in [2.05, 4.69) is 0 Å². The summed E-state index contributed by atoms with van der Waals surface area (Å²) in [6.45, 7) is 1.47. The van der Waals surface area contributed by atoms with Crippen LogP contribution in [0.4, 0.5) is 8.78 Å². The summed E-state index contributed by atoms with van der Waals surface area (Å²) in [5, 5.41) is 0. The first-order chi connectivity index (χ1) is 9.99. The molecule has 2 rings (SSSR count). The van der Waals surface area contributed by atoms with Gasteiger partial charge in [-0.1, -0.05) is 6.07 Å². The summed E-state index contributed by atoms with van der Waals surface area (Å²) in [5.74, 6) is -1.74. The highest BCUT2D eigenvalue weighted by atomic mass is 19.1. The van der Waals surface area contributed by atoms with Crippen molar-refractivity contribution in [3.8, 4) is 11.5 Å². The van der Waals surface area contributed by atoms with Gasteiger partial charge in [0.15, 0.2) is 17.3 Å². The molecule has 21 heavy (non-hydrogen) atoms. The van der Waals surface area contributed by atoms with Gasteiger partial charge in [0.1, 0.15) is 11.6 Å². The van der Waals surface area contributed by atoms with E-state index < -0.39 is 23.0 Å². The lowest BCUT2D eigenvalue weighted by molar-refractivity contribution is 0.103. The molecule has 0 heterocycles. The van der Waals surface area contributed by atoms with Crippen LogP contribution in [0.1, 0.15) is 21.5 Å². The molecule has 0 spiro atoms. The first-order valence-corrected chi connectivity index (χ1v) is 6.21. The predicted octanol–water partition coefficient (Wildman–Crippen LogP) is 3.52. The van der Waals surface area contributed by atoms with Crippen molar-refractivity contribution in [2.75, 3.05) is 14.2 Å². The summed E-state index contributed by atoms with van der Waals surface area (Å²) in [6, 6.07) is 6.70. The van der Waals surface area contributed by atoms with Crippen molar-refractivity contribution in [3.05, 3.63) is 58.7 Å². The van der Waals surface area contributed by atoms with E-state index in [1.54, 1.807) is 0 Å². The first-order valence-electron chi connectivity index (χ1n) is 6.21. The lowest BCUT2D eigenvalue weighted by Gasteiger charge is -2.10. The molecule has 0 saturated carbocycles. The Balaban J connectivity index is 2.53. The summed E-state index contributed by atoms with van der Waals surface area (Å²) in [4.78, 5) is 12.3. The van der Waals surface area contributed by atoms with Crippen LogP contribution in [0, 0.1) is 18.6 Å². The molecule has 0 saturated heterocycles. The van der Waals surface area contributed by atoms with E-state index in [-0.39, 0.29) is 11.1 Å². The third-order valence-corrected chi connectivity index (χ3v) is 3.16. The van der Waals surface area contributed by atoms with Crippen LogP contribution in [0.2, 0.25) is 0 Å². The largest absolute Gasteiger partial charge is 0.493 e. The Bertz CT molecular complexity index is 696. The number of methoxy groups -OCH3 is 2. The second kappa shape index (κ2) is 5.91. The van der Waals surface area contributed by atoms with Crippen LogP contribution >= 0.6 is 0 Å². The number of rotatable bonds is 4. The SMILES string of the molecule is COc1ccc(C(=O)c2c(F)ccc(C)c2F)cc1OC. The normalized spacial score (nSPS) is 10.3. The van der Waals surface area contributed by atoms with Crippen LogP contribution in [0.3, 0.4) is 0 Å². The Kier molecular flexibility index (Phi) is 4.21. The Hall–Kier alpha value is -2.43. The first kappa shape index (κ1) is 15.0. The maximum Gasteiger partial charge on any atom is 0.199 e. The lowest BCUT2D eigenvalue weighted by atomic mass is 10.00. The molecule has 5 heteroatoms. The Labute approximate surface area is 121 Å². The smallest absolute Gasteiger partial charge is 0.199 e. The minimum atomic E-state index is -0.891. The van der Waals surface area contributed by atoms with E-state index in [1.807, 2.05) is 0 Å². The summed E-state index contributed by atoms with van der Waals surface area (Å²) in [6.07, 6.45) is 0. The number of aryl methyl sites for hydroxylation is 1. The standard InChI is InChI=1S/C16H14F2O3/c1-9-4-6-11(17)14(15(9)18)16(19)10-5-7-12(20-2)13(8-10)21-3/h4-8H,1-3H3. The lowest BCUT2D eigenvalue weighted by Crippen LogP contribution is -2.09. The second-order valence-electron chi connectivity index (χ2n) is 4.45. The second-order valence-corrected chi connectivity index (χ2v) is 4.45. The van der Waals surface area contributed by atoms with Crippen molar-refractivity contribution in [3.63, 3.8) is 0 Å². The van der Waals surface area contributed by atoms with Crippen LogP contribution in [0.5, 0.6) is 11.5 Å². The van der Waals surface area contributed by atoms with E-state index >= 15 is 0 Å². The molecule has 0 unspecified atom stereocenters. The van der Waals surface area contributed by atoms with Gasteiger partial charge in [0, 0.05) is 5.56 Å². The van der Waals surface area contributed by atoms with Crippen LogP contribution in [0.15, 0.2) is 30.3 Å². The van der Waals surface area contributed by atoms with Crippen molar-refractivity contribution in [2.24, 2.45) is 0 Å². The quantitative estimate of drug-likeness (QED) is 0.809. The molecule has 0 aliphatic heterocycles. The molecule has 0 N–H and O–H groups in total. The van der Waals surface area contributed by atoms with Crippen molar-refractivity contribution in [1.82, 2.24) is 0 Å². The fourth-order valence-corrected chi connectivity index (χ4v) is 1.99. The maximum atomic E-state index is 14.0. The molecular formula is C16H14F2O3. The van der Waals surface area contributed by atoms with Crippen LogP contribution in [-0.2, 0) is 0 Å². The number of carbonyl (C=O) groups is 1.